The van der Waals surface area contributed by atoms with Crippen LogP contribution in [0.1, 0.15) is 20.8 Å². The van der Waals surface area contributed by atoms with Crippen LogP contribution in [-0.4, -0.2) is 31.8 Å². The summed E-state index contributed by atoms with van der Waals surface area (Å²) >= 11 is 0. The van der Waals surface area contributed by atoms with Crippen molar-refractivity contribution >= 4 is 16.0 Å². The summed E-state index contributed by atoms with van der Waals surface area (Å²) in [5, 5.41) is 8.78. The molecule has 5 nitrogen and oxygen atoms in total. The van der Waals surface area contributed by atoms with Crippen LogP contribution < -0.4 is 4.72 Å². The van der Waals surface area contributed by atoms with Gasteiger partial charge < -0.3 is 5.11 Å². The van der Waals surface area contributed by atoms with E-state index in [9.17, 15) is 13.2 Å². The van der Waals surface area contributed by atoms with Gasteiger partial charge in [-0.1, -0.05) is 13.8 Å². The molecule has 14 heavy (non-hydrogen) atoms. The van der Waals surface area contributed by atoms with Crippen LogP contribution in [0.3, 0.4) is 0 Å². The van der Waals surface area contributed by atoms with Gasteiger partial charge in [-0.2, -0.15) is 0 Å². The minimum Gasteiger partial charge on any atom is -0.481 e. The van der Waals surface area contributed by atoms with Crippen molar-refractivity contribution in [1.82, 2.24) is 4.72 Å². The molecule has 0 saturated carbocycles. The van der Waals surface area contributed by atoms with Crippen molar-refractivity contribution in [3.8, 4) is 0 Å². The van der Waals surface area contributed by atoms with Gasteiger partial charge in [0.1, 0.15) is 0 Å². The first kappa shape index (κ1) is 13.4. The monoisotopic (exact) mass is 223 g/mol. The molecule has 0 aromatic heterocycles. The van der Waals surface area contributed by atoms with Gasteiger partial charge in [0.15, 0.2) is 0 Å². The summed E-state index contributed by atoms with van der Waals surface area (Å²) < 4.78 is 24.4. The number of nitrogens with one attached hydrogen (secondary N) is 1. The highest BCUT2D eigenvalue weighted by atomic mass is 32.2. The van der Waals surface area contributed by atoms with E-state index in [1.54, 1.807) is 13.8 Å². The van der Waals surface area contributed by atoms with Gasteiger partial charge in [0.05, 0.1) is 11.7 Å². The Bertz CT molecular complexity index is 284. The van der Waals surface area contributed by atoms with Crippen molar-refractivity contribution in [3.05, 3.63) is 0 Å². The Kier molecular flexibility index (Phi) is 5.07. The molecule has 0 fully saturated rings. The second kappa shape index (κ2) is 5.31. The summed E-state index contributed by atoms with van der Waals surface area (Å²) in [5.41, 5.74) is 0. The highest BCUT2D eigenvalue weighted by Crippen LogP contribution is 2.09. The van der Waals surface area contributed by atoms with E-state index in [0.29, 0.717) is 0 Å². The Morgan fingerprint density at radius 1 is 1.43 bits per heavy atom. The van der Waals surface area contributed by atoms with Crippen molar-refractivity contribution in [2.45, 2.75) is 20.8 Å². The van der Waals surface area contributed by atoms with Crippen molar-refractivity contribution in [2.24, 2.45) is 11.8 Å². The molecule has 84 valence electrons. The van der Waals surface area contributed by atoms with Crippen LogP contribution in [-0.2, 0) is 14.8 Å². The molecule has 0 aliphatic heterocycles. The van der Waals surface area contributed by atoms with Crippen LogP contribution in [0.15, 0.2) is 0 Å². The normalized spacial score (nSPS) is 14.3. The van der Waals surface area contributed by atoms with Crippen LogP contribution in [0, 0.1) is 11.8 Å². The zero-order valence-corrected chi connectivity index (χ0v) is 9.47. The minimum absolute atomic E-state index is 0.0303. The molecule has 0 aromatic rings. The minimum atomic E-state index is -3.29. The van der Waals surface area contributed by atoms with Crippen LogP contribution in [0.25, 0.3) is 0 Å². The third-order valence-corrected chi connectivity index (χ3v) is 3.39. The molecule has 6 heteroatoms. The van der Waals surface area contributed by atoms with E-state index in [2.05, 4.69) is 4.72 Å². The lowest BCUT2D eigenvalue weighted by Gasteiger charge is -2.16. The number of carboxylic acids is 1. The van der Waals surface area contributed by atoms with E-state index in [-0.39, 0.29) is 18.2 Å². The Labute approximate surface area is 84.6 Å². The maximum Gasteiger partial charge on any atom is 0.308 e. The van der Waals surface area contributed by atoms with E-state index < -0.39 is 21.9 Å². The lowest BCUT2D eigenvalue weighted by molar-refractivity contribution is -0.142. The average molecular weight is 223 g/mol. The molecular formula is C8H17NO4S. The number of carbonyl (C=O) groups is 1. The number of carboxylic acid groups (broad SMARTS) is 1. The molecule has 0 bridgehead atoms. The largest absolute Gasteiger partial charge is 0.481 e. The molecule has 2 N–H and O–H groups in total. The van der Waals surface area contributed by atoms with E-state index in [0.717, 1.165) is 0 Å². The van der Waals surface area contributed by atoms with E-state index in [1.165, 1.54) is 6.92 Å². The molecule has 1 atom stereocenters. The van der Waals surface area contributed by atoms with Crippen molar-refractivity contribution in [3.63, 3.8) is 0 Å². The number of sulfonamides is 1. The molecule has 0 rings (SSSR count). The zero-order chi connectivity index (χ0) is 11.4. The first-order valence-electron chi connectivity index (χ1n) is 4.50. The predicted octanol–water partition coefficient (Wildman–Crippen LogP) is 0.282. The third kappa shape index (κ3) is 4.57. The number of rotatable bonds is 6. The second-order valence-corrected chi connectivity index (χ2v) is 5.54. The summed E-state index contributed by atoms with van der Waals surface area (Å²) in [6.07, 6.45) is 0. The standard InChI is InChI=1S/C8H17NO4S/c1-4-14(12,13)9-5-7(6(2)3)8(10)11/h6-7,9H,4-5H2,1-3H3,(H,10,11). The Morgan fingerprint density at radius 3 is 2.21 bits per heavy atom. The summed E-state index contributed by atoms with van der Waals surface area (Å²) in [6.45, 7) is 4.97. The fraction of sp³-hybridized carbons (Fsp3) is 0.875. The van der Waals surface area contributed by atoms with Gasteiger partial charge in [0.2, 0.25) is 10.0 Å². The average Bonchev–Trinajstić information content (AvgIpc) is 2.03. The first-order chi connectivity index (χ1) is 6.30. The molecular weight excluding hydrogens is 206 g/mol. The highest BCUT2D eigenvalue weighted by Gasteiger charge is 2.22. The topological polar surface area (TPSA) is 83.5 Å². The maximum atomic E-state index is 11.0. The van der Waals surface area contributed by atoms with Gasteiger partial charge in [0.25, 0.3) is 0 Å². The molecule has 0 aromatic carbocycles. The Hall–Kier alpha value is -0.620. The Balaban J connectivity index is 4.28. The molecule has 0 heterocycles. The molecule has 0 aliphatic rings. The van der Waals surface area contributed by atoms with Crippen molar-refractivity contribution in [1.29, 1.82) is 0 Å². The van der Waals surface area contributed by atoms with Crippen LogP contribution in [0.2, 0.25) is 0 Å². The molecule has 1 unspecified atom stereocenters. The van der Waals surface area contributed by atoms with E-state index in [4.69, 9.17) is 5.11 Å². The summed E-state index contributed by atoms with van der Waals surface area (Å²) in [6, 6.07) is 0. The summed E-state index contributed by atoms with van der Waals surface area (Å²) in [7, 11) is -3.29. The van der Waals surface area contributed by atoms with E-state index in [1.807, 2.05) is 0 Å². The van der Waals surface area contributed by atoms with Gasteiger partial charge in [-0.25, -0.2) is 13.1 Å². The quantitative estimate of drug-likeness (QED) is 0.677. The van der Waals surface area contributed by atoms with Gasteiger partial charge in [-0.05, 0) is 12.8 Å². The van der Waals surface area contributed by atoms with Crippen molar-refractivity contribution < 1.29 is 18.3 Å². The highest BCUT2D eigenvalue weighted by molar-refractivity contribution is 7.89. The van der Waals surface area contributed by atoms with Gasteiger partial charge in [0, 0.05) is 6.54 Å². The van der Waals surface area contributed by atoms with E-state index >= 15 is 0 Å². The fourth-order valence-corrected chi connectivity index (χ4v) is 1.56. The van der Waals surface area contributed by atoms with Gasteiger partial charge in [-0.15, -0.1) is 0 Å². The third-order valence-electron chi connectivity index (χ3n) is 2.03. The van der Waals surface area contributed by atoms with Crippen molar-refractivity contribution in [2.75, 3.05) is 12.3 Å². The van der Waals surface area contributed by atoms with Gasteiger partial charge in [-0.3, -0.25) is 4.79 Å². The SMILES string of the molecule is CCS(=O)(=O)NCC(C(=O)O)C(C)C. The summed E-state index contributed by atoms with van der Waals surface area (Å²) in [5.74, 6) is -1.76. The molecule has 0 amide bonds. The Morgan fingerprint density at radius 2 is 1.93 bits per heavy atom. The zero-order valence-electron chi connectivity index (χ0n) is 8.65. The number of hydrogen-bond acceptors (Lipinski definition) is 3. The lowest BCUT2D eigenvalue weighted by Crippen LogP contribution is -2.36. The predicted molar refractivity (Wildman–Crippen MR) is 53.4 cm³/mol. The summed E-state index contributed by atoms with van der Waals surface area (Å²) in [4.78, 5) is 10.7. The lowest BCUT2D eigenvalue weighted by atomic mass is 9.97. The smallest absolute Gasteiger partial charge is 0.308 e. The number of hydrogen-bond donors (Lipinski definition) is 2. The van der Waals surface area contributed by atoms with Crippen LogP contribution >= 0.6 is 0 Å². The fourth-order valence-electron chi connectivity index (χ4n) is 0.927. The molecule has 0 spiro atoms. The second-order valence-electron chi connectivity index (χ2n) is 3.44. The number of aliphatic carboxylic acids is 1. The molecule has 0 aliphatic carbocycles. The maximum absolute atomic E-state index is 11.0. The van der Waals surface area contributed by atoms with Gasteiger partial charge >= 0.3 is 5.97 Å². The molecule has 0 radical (unpaired) electrons. The first-order valence-corrected chi connectivity index (χ1v) is 6.15. The molecule has 0 saturated heterocycles. The van der Waals surface area contributed by atoms with Crippen LogP contribution in [0.5, 0.6) is 0 Å². The van der Waals surface area contributed by atoms with Crippen LogP contribution in [0.4, 0.5) is 0 Å².